The molecule has 0 saturated carbocycles. The lowest BCUT2D eigenvalue weighted by Crippen LogP contribution is -2.67. The predicted octanol–water partition coefficient (Wildman–Crippen LogP) is 4.59. The molecule has 0 radical (unpaired) electrons. The lowest BCUT2D eigenvalue weighted by molar-refractivity contribution is -0.123. The van der Waals surface area contributed by atoms with E-state index >= 15 is 0 Å². The number of halogens is 3. The van der Waals surface area contributed by atoms with E-state index in [2.05, 4.69) is 34.0 Å². The minimum Gasteiger partial charge on any atom is -0.494 e. The van der Waals surface area contributed by atoms with Crippen molar-refractivity contribution in [2.24, 2.45) is 4.99 Å². The van der Waals surface area contributed by atoms with Crippen LogP contribution < -0.4 is 10.2 Å². The van der Waals surface area contributed by atoms with Gasteiger partial charge in [-0.05, 0) is 62.4 Å². The molecule has 0 aliphatic carbocycles. The number of aliphatic imine (C=N–C) groups is 1. The van der Waals surface area contributed by atoms with Gasteiger partial charge in [0.15, 0.2) is 5.88 Å². The number of carbonyl (C=O) groups excluding carboxylic acids is 1. The highest BCUT2D eigenvalue weighted by molar-refractivity contribution is 6.14. The van der Waals surface area contributed by atoms with Gasteiger partial charge in [-0.3, -0.25) is 14.7 Å². The zero-order valence-electron chi connectivity index (χ0n) is 20.1. The summed E-state index contributed by atoms with van der Waals surface area (Å²) in [4.78, 5) is 24.7. The number of aromatic hydroxyl groups is 1. The minimum absolute atomic E-state index is 0.0667. The van der Waals surface area contributed by atoms with Crippen molar-refractivity contribution >= 4 is 33.9 Å². The molecule has 2 atom stereocenters. The van der Waals surface area contributed by atoms with Gasteiger partial charge in [0, 0.05) is 47.3 Å². The van der Waals surface area contributed by atoms with Crippen LogP contribution in [0.4, 0.5) is 24.5 Å². The van der Waals surface area contributed by atoms with Gasteiger partial charge in [-0.2, -0.15) is 13.2 Å². The van der Waals surface area contributed by atoms with Gasteiger partial charge in [-0.1, -0.05) is 6.92 Å². The number of aromatic nitrogens is 1. The molecule has 4 heterocycles. The average Bonchev–Trinajstić information content (AvgIpc) is 3.20. The molecule has 3 aliphatic rings. The fourth-order valence-electron chi connectivity index (χ4n) is 5.11. The summed E-state index contributed by atoms with van der Waals surface area (Å²) in [5.74, 6) is -0.945. The second-order valence-corrected chi connectivity index (χ2v) is 9.45. The van der Waals surface area contributed by atoms with Crippen molar-refractivity contribution in [2.45, 2.75) is 38.0 Å². The summed E-state index contributed by atoms with van der Waals surface area (Å²) in [5.41, 5.74) is 3.53. The number of nitrogens with one attached hydrogen (secondary N) is 2. The van der Waals surface area contributed by atoms with Gasteiger partial charge in [0.2, 0.25) is 0 Å². The molecule has 10 heteroatoms. The third kappa shape index (κ3) is 4.65. The zero-order valence-corrected chi connectivity index (χ0v) is 20.1. The van der Waals surface area contributed by atoms with Crippen LogP contribution in [-0.2, 0) is 0 Å². The summed E-state index contributed by atoms with van der Waals surface area (Å²) in [7, 11) is 2.18. The Morgan fingerprint density at radius 1 is 1.17 bits per heavy atom. The Bertz CT molecular complexity index is 1300. The van der Waals surface area contributed by atoms with Crippen molar-refractivity contribution in [3.63, 3.8) is 0 Å². The van der Waals surface area contributed by atoms with E-state index < -0.39 is 18.6 Å². The second kappa shape index (κ2) is 9.16. The van der Waals surface area contributed by atoms with Crippen molar-refractivity contribution < 1.29 is 23.1 Å². The molecule has 6 rings (SSSR count). The third-order valence-electron chi connectivity index (χ3n) is 7.15. The number of anilines is 1. The van der Waals surface area contributed by atoms with E-state index in [0.717, 1.165) is 24.5 Å². The molecule has 190 valence electrons. The van der Waals surface area contributed by atoms with Gasteiger partial charge < -0.3 is 20.3 Å². The molecule has 1 amide bonds. The van der Waals surface area contributed by atoms with Gasteiger partial charge in [0.05, 0.1) is 17.0 Å². The highest BCUT2D eigenvalue weighted by Gasteiger charge is 2.42. The Hall–Kier alpha value is -3.53. The number of alkyl halides is 3. The van der Waals surface area contributed by atoms with Crippen LogP contribution in [-0.4, -0.2) is 71.6 Å². The van der Waals surface area contributed by atoms with Crippen molar-refractivity contribution in [1.82, 2.24) is 15.2 Å². The monoisotopic (exact) mass is 499 g/mol. The lowest BCUT2D eigenvalue weighted by atomic mass is 9.88. The second-order valence-electron chi connectivity index (χ2n) is 9.45. The van der Waals surface area contributed by atoms with E-state index in [9.17, 15) is 23.1 Å². The van der Waals surface area contributed by atoms with Crippen molar-refractivity contribution in [2.75, 3.05) is 31.6 Å². The van der Waals surface area contributed by atoms with E-state index in [1.807, 2.05) is 24.4 Å². The smallest absolute Gasteiger partial charge is 0.405 e. The number of amides is 1. The Labute approximate surface area is 206 Å². The van der Waals surface area contributed by atoms with Crippen molar-refractivity contribution in [1.29, 1.82) is 0 Å². The molecule has 3 fully saturated rings. The van der Waals surface area contributed by atoms with E-state index in [1.54, 1.807) is 6.07 Å². The summed E-state index contributed by atoms with van der Waals surface area (Å²) in [5, 5.41) is 13.0. The lowest BCUT2D eigenvalue weighted by Gasteiger charge is -2.55. The molecule has 3 N–H and O–H groups in total. The van der Waals surface area contributed by atoms with Crippen molar-refractivity contribution in [3.8, 4) is 5.88 Å². The van der Waals surface area contributed by atoms with E-state index in [4.69, 9.17) is 4.99 Å². The molecule has 36 heavy (non-hydrogen) atoms. The number of benzene rings is 2. The van der Waals surface area contributed by atoms with Crippen LogP contribution in [0.2, 0.25) is 0 Å². The number of piperazine rings is 1. The van der Waals surface area contributed by atoms with Crippen LogP contribution in [0.25, 0.3) is 10.9 Å². The van der Waals surface area contributed by atoms with Gasteiger partial charge >= 0.3 is 6.18 Å². The third-order valence-corrected chi connectivity index (χ3v) is 7.15. The minimum atomic E-state index is -4.50. The molecular weight excluding hydrogens is 471 g/mol. The number of hydrogen-bond acceptors (Lipinski definition) is 5. The number of nitrogens with zero attached hydrogens (tertiary/aromatic N) is 3. The first-order valence-electron chi connectivity index (χ1n) is 12.0. The highest BCUT2D eigenvalue weighted by atomic mass is 19.4. The number of H-pyrrole nitrogens is 1. The number of aromatic amines is 1. The predicted molar refractivity (Wildman–Crippen MR) is 133 cm³/mol. The largest absolute Gasteiger partial charge is 0.494 e. The van der Waals surface area contributed by atoms with E-state index in [-0.39, 0.29) is 11.4 Å². The van der Waals surface area contributed by atoms with Crippen LogP contribution in [0.3, 0.4) is 0 Å². The fourth-order valence-corrected chi connectivity index (χ4v) is 5.11. The van der Waals surface area contributed by atoms with E-state index in [0.29, 0.717) is 40.7 Å². The summed E-state index contributed by atoms with van der Waals surface area (Å²) in [6.07, 6.45) is -2.75. The Morgan fingerprint density at radius 2 is 1.86 bits per heavy atom. The molecule has 3 aliphatic heterocycles. The summed E-state index contributed by atoms with van der Waals surface area (Å²) in [6.45, 7) is 2.51. The number of likely N-dealkylation sites (N-methyl/N-ethyl adjacent to an activating group) is 1. The van der Waals surface area contributed by atoms with Crippen LogP contribution in [0.1, 0.15) is 35.7 Å². The number of fused-ring (bicyclic) bond motifs is 3. The normalized spacial score (nSPS) is 20.5. The summed E-state index contributed by atoms with van der Waals surface area (Å²) < 4.78 is 37.5. The molecule has 2 unspecified atom stereocenters. The Balaban J connectivity index is 1.40. The topological polar surface area (TPSA) is 84.0 Å². The summed E-state index contributed by atoms with van der Waals surface area (Å²) in [6, 6.07) is 13.6. The first-order chi connectivity index (χ1) is 17.1. The average molecular weight is 500 g/mol. The quantitative estimate of drug-likeness (QED) is 0.434. The SMILES string of the molecule is CCC(=Nc1ccc(N2CC3CC(C2)N3C)cc1)c1c(O)[nH]c2ccc(C(=O)NCC(F)(F)F)cc12. The fraction of sp³-hybridized carbons (Fsp3) is 0.385. The van der Waals surface area contributed by atoms with Gasteiger partial charge in [0.25, 0.3) is 5.91 Å². The standard InChI is InChI=1S/C26H28F3N5O2/c1-3-21(31-16-5-7-17(8-6-16)34-12-18-11-19(13-34)33(18)2)23-20-10-15(4-9-22(20)32-25(23)36)24(35)30-14-26(27,28)29/h4-10,18-19,32,36H,3,11-14H2,1-2H3,(H,30,35). The molecule has 2 aromatic carbocycles. The maximum absolute atomic E-state index is 12.5. The van der Waals surface area contributed by atoms with Gasteiger partial charge in [0.1, 0.15) is 6.54 Å². The number of piperidine rings is 1. The van der Waals surface area contributed by atoms with Gasteiger partial charge in [-0.15, -0.1) is 0 Å². The van der Waals surface area contributed by atoms with Gasteiger partial charge in [-0.25, -0.2) is 0 Å². The van der Waals surface area contributed by atoms with Crippen LogP contribution in [0, 0.1) is 0 Å². The molecule has 7 nitrogen and oxygen atoms in total. The maximum atomic E-state index is 12.5. The Morgan fingerprint density at radius 3 is 2.47 bits per heavy atom. The van der Waals surface area contributed by atoms with Crippen LogP contribution in [0.15, 0.2) is 47.5 Å². The maximum Gasteiger partial charge on any atom is 0.405 e. The molecule has 2 bridgehead atoms. The van der Waals surface area contributed by atoms with Crippen LogP contribution >= 0.6 is 0 Å². The van der Waals surface area contributed by atoms with Crippen LogP contribution in [0.5, 0.6) is 5.88 Å². The number of carbonyl (C=O) groups is 1. The molecule has 0 spiro atoms. The Kier molecular flexibility index (Phi) is 6.15. The number of hydrogen-bond donors (Lipinski definition) is 3. The molecule has 3 aromatic rings. The molecular formula is C26H28F3N5O2. The van der Waals surface area contributed by atoms with Crippen molar-refractivity contribution in [3.05, 3.63) is 53.6 Å². The molecule has 1 aromatic heterocycles. The van der Waals surface area contributed by atoms with E-state index in [1.165, 1.54) is 18.6 Å². The zero-order chi connectivity index (χ0) is 25.6. The number of rotatable bonds is 6. The highest BCUT2D eigenvalue weighted by Crippen LogP contribution is 2.34. The first kappa shape index (κ1) is 24.2. The first-order valence-corrected chi connectivity index (χ1v) is 12.0. The summed E-state index contributed by atoms with van der Waals surface area (Å²) >= 11 is 0. The molecule has 3 saturated heterocycles.